The van der Waals surface area contributed by atoms with Gasteiger partial charge in [0.1, 0.15) is 5.75 Å². The van der Waals surface area contributed by atoms with Gasteiger partial charge in [0.2, 0.25) is 5.91 Å². The van der Waals surface area contributed by atoms with Crippen LogP contribution in [0.2, 0.25) is 0 Å². The van der Waals surface area contributed by atoms with E-state index in [0.29, 0.717) is 13.0 Å². The van der Waals surface area contributed by atoms with Gasteiger partial charge in [-0.1, -0.05) is 18.2 Å². The van der Waals surface area contributed by atoms with Gasteiger partial charge >= 0.3 is 0 Å². The van der Waals surface area contributed by atoms with Crippen LogP contribution in [0.3, 0.4) is 0 Å². The van der Waals surface area contributed by atoms with Crippen LogP contribution >= 0.6 is 0 Å². The van der Waals surface area contributed by atoms with Crippen LogP contribution in [0.25, 0.3) is 0 Å². The smallest absolute Gasteiger partial charge is 0.241 e. The number of hydrazone groups is 1. The third kappa shape index (κ3) is 4.42. The van der Waals surface area contributed by atoms with Gasteiger partial charge in [-0.15, -0.1) is 0 Å². The van der Waals surface area contributed by atoms with Gasteiger partial charge in [-0.05, 0) is 61.2 Å². The molecule has 0 bridgehead atoms. The van der Waals surface area contributed by atoms with Gasteiger partial charge in [-0.3, -0.25) is 4.79 Å². The summed E-state index contributed by atoms with van der Waals surface area (Å²) >= 11 is 0. The number of nitrogens with zero attached hydrogens (tertiary/aromatic N) is 2. The molecule has 0 aliphatic carbocycles. The van der Waals surface area contributed by atoms with Crippen LogP contribution in [0.4, 0.5) is 5.69 Å². The van der Waals surface area contributed by atoms with Crippen molar-refractivity contribution in [3.8, 4) is 5.75 Å². The Morgan fingerprint density at radius 3 is 2.73 bits per heavy atom. The van der Waals surface area contributed by atoms with Gasteiger partial charge in [0.25, 0.3) is 0 Å². The highest BCUT2D eigenvalue weighted by molar-refractivity contribution is 5.99. The van der Waals surface area contributed by atoms with Crippen molar-refractivity contribution in [1.29, 1.82) is 0 Å². The summed E-state index contributed by atoms with van der Waals surface area (Å²) in [6.45, 7) is 3.58. The van der Waals surface area contributed by atoms with Gasteiger partial charge in [-0.25, -0.2) is 5.43 Å². The van der Waals surface area contributed by atoms with Gasteiger partial charge in [0.15, 0.2) is 0 Å². The number of amides is 1. The van der Waals surface area contributed by atoms with E-state index in [1.807, 2.05) is 31.2 Å². The second-order valence-electron chi connectivity index (χ2n) is 6.43. The first-order chi connectivity index (χ1) is 12.7. The molecule has 0 aromatic heterocycles. The number of nitrogens with one attached hydrogen (secondary N) is 1. The molecule has 1 aliphatic heterocycles. The summed E-state index contributed by atoms with van der Waals surface area (Å²) in [5.41, 5.74) is 7.01. The zero-order valence-electron chi connectivity index (χ0n) is 15.4. The number of anilines is 1. The molecule has 26 heavy (non-hydrogen) atoms. The van der Waals surface area contributed by atoms with Crippen LogP contribution in [0.1, 0.15) is 30.9 Å². The first-order valence-corrected chi connectivity index (χ1v) is 8.98. The number of rotatable bonds is 6. The lowest BCUT2D eigenvalue weighted by atomic mass is 10.0. The Kier molecular flexibility index (Phi) is 5.89. The Morgan fingerprint density at radius 1 is 1.19 bits per heavy atom. The minimum absolute atomic E-state index is 0.0686. The molecule has 0 spiro atoms. The molecule has 1 aliphatic rings. The monoisotopic (exact) mass is 351 g/mol. The molecular weight excluding hydrogens is 326 g/mol. The second-order valence-corrected chi connectivity index (χ2v) is 6.43. The van der Waals surface area contributed by atoms with E-state index in [9.17, 15) is 4.79 Å². The Hall–Kier alpha value is -2.82. The number of benzene rings is 2. The van der Waals surface area contributed by atoms with E-state index in [4.69, 9.17) is 4.74 Å². The Labute approximate surface area is 154 Å². The quantitative estimate of drug-likeness (QED) is 0.641. The van der Waals surface area contributed by atoms with Crippen LogP contribution < -0.4 is 15.1 Å². The van der Waals surface area contributed by atoms with Crippen molar-refractivity contribution >= 4 is 17.3 Å². The fourth-order valence-electron chi connectivity index (χ4n) is 3.18. The van der Waals surface area contributed by atoms with Crippen molar-refractivity contribution in [2.24, 2.45) is 5.10 Å². The third-order valence-corrected chi connectivity index (χ3v) is 4.67. The fraction of sp³-hybridized carbons (Fsp3) is 0.333. The molecule has 0 atom stereocenters. The number of ether oxygens (including phenoxy) is 1. The summed E-state index contributed by atoms with van der Waals surface area (Å²) in [7, 11) is 1.64. The number of carbonyl (C=O) groups is 1. The van der Waals surface area contributed by atoms with E-state index in [2.05, 4.69) is 39.7 Å². The van der Waals surface area contributed by atoms with Crippen molar-refractivity contribution in [2.45, 2.75) is 26.2 Å². The first kappa shape index (κ1) is 18.0. The molecule has 0 saturated carbocycles. The van der Waals surface area contributed by atoms with Crippen molar-refractivity contribution in [3.63, 3.8) is 0 Å². The Morgan fingerprint density at radius 2 is 1.96 bits per heavy atom. The molecule has 2 aromatic carbocycles. The lowest BCUT2D eigenvalue weighted by Gasteiger charge is -2.31. The van der Waals surface area contributed by atoms with Gasteiger partial charge in [-0.2, -0.15) is 5.10 Å². The van der Waals surface area contributed by atoms with E-state index in [1.165, 1.54) is 11.3 Å². The van der Waals surface area contributed by atoms with Crippen molar-refractivity contribution in [1.82, 2.24) is 5.43 Å². The number of methoxy groups -OCH3 is 1. The molecule has 2 aromatic rings. The maximum atomic E-state index is 12.2. The summed E-state index contributed by atoms with van der Waals surface area (Å²) < 4.78 is 5.15. The molecule has 0 saturated heterocycles. The zero-order valence-corrected chi connectivity index (χ0v) is 15.4. The lowest BCUT2D eigenvalue weighted by molar-refractivity contribution is -0.120. The summed E-state index contributed by atoms with van der Waals surface area (Å²) in [5, 5.41) is 4.22. The lowest BCUT2D eigenvalue weighted by Crippen LogP contribution is -2.33. The van der Waals surface area contributed by atoms with Crippen LogP contribution in [0, 0.1) is 0 Å². The SMILES string of the molecule is COc1ccc(/C(C)=N/NC(=O)CCN2CCCc3ccccc32)cc1. The molecule has 0 fully saturated rings. The highest BCUT2D eigenvalue weighted by Gasteiger charge is 2.16. The number of fused-ring (bicyclic) bond motifs is 1. The van der Waals surface area contributed by atoms with Crippen molar-refractivity contribution in [2.75, 3.05) is 25.1 Å². The topological polar surface area (TPSA) is 53.9 Å². The number of carbonyl (C=O) groups excluding carboxylic acids is 1. The molecule has 0 radical (unpaired) electrons. The predicted molar refractivity (Wildman–Crippen MR) is 105 cm³/mol. The van der Waals surface area contributed by atoms with E-state index in [1.54, 1.807) is 7.11 Å². The third-order valence-electron chi connectivity index (χ3n) is 4.67. The minimum Gasteiger partial charge on any atom is -0.497 e. The molecule has 1 amide bonds. The molecule has 1 heterocycles. The van der Waals surface area contributed by atoms with E-state index >= 15 is 0 Å². The fourth-order valence-corrected chi connectivity index (χ4v) is 3.18. The van der Waals surface area contributed by atoms with Crippen molar-refractivity contribution in [3.05, 3.63) is 59.7 Å². The van der Waals surface area contributed by atoms with Crippen LogP contribution in [-0.2, 0) is 11.2 Å². The summed E-state index contributed by atoms with van der Waals surface area (Å²) in [5.74, 6) is 0.730. The van der Waals surface area contributed by atoms with Crippen molar-refractivity contribution < 1.29 is 9.53 Å². The summed E-state index contributed by atoms with van der Waals surface area (Å²) in [6, 6.07) is 16.0. The molecule has 136 valence electrons. The maximum Gasteiger partial charge on any atom is 0.241 e. The standard InChI is InChI=1S/C21H25N3O2/c1-16(17-9-11-19(26-2)12-10-17)22-23-21(25)13-15-24-14-5-7-18-6-3-4-8-20(18)24/h3-4,6,8-12H,5,7,13-15H2,1-2H3,(H,23,25)/b22-16+. The number of para-hydroxylation sites is 1. The highest BCUT2D eigenvalue weighted by Crippen LogP contribution is 2.26. The molecule has 3 rings (SSSR count). The number of aryl methyl sites for hydroxylation is 1. The van der Waals surface area contributed by atoms with Crippen LogP contribution in [0.5, 0.6) is 5.75 Å². The van der Waals surface area contributed by atoms with Gasteiger partial charge in [0, 0.05) is 25.2 Å². The first-order valence-electron chi connectivity index (χ1n) is 8.98. The number of hydrogen-bond donors (Lipinski definition) is 1. The largest absolute Gasteiger partial charge is 0.497 e. The highest BCUT2D eigenvalue weighted by atomic mass is 16.5. The zero-order chi connectivity index (χ0) is 18.4. The minimum atomic E-state index is -0.0686. The second kappa shape index (κ2) is 8.52. The van der Waals surface area contributed by atoms with E-state index in [0.717, 1.165) is 36.4 Å². The molecule has 0 unspecified atom stereocenters. The molecular formula is C21H25N3O2. The predicted octanol–water partition coefficient (Wildman–Crippen LogP) is 3.38. The van der Waals surface area contributed by atoms with E-state index in [-0.39, 0.29) is 5.91 Å². The number of hydrogen-bond acceptors (Lipinski definition) is 4. The molecule has 1 N–H and O–H groups in total. The van der Waals surface area contributed by atoms with Crippen LogP contribution in [-0.4, -0.2) is 31.8 Å². The van der Waals surface area contributed by atoms with E-state index < -0.39 is 0 Å². The summed E-state index contributed by atoms with van der Waals surface area (Å²) in [4.78, 5) is 14.5. The average Bonchev–Trinajstić information content (AvgIpc) is 2.70. The maximum absolute atomic E-state index is 12.2. The molecule has 5 heteroatoms. The Balaban J connectivity index is 1.53. The normalized spacial score (nSPS) is 13.9. The van der Waals surface area contributed by atoms with Gasteiger partial charge in [0.05, 0.1) is 12.8 Å². The summed E-state index contributed by atoms with van der Waals surface area (Å²) in [6.07, 6.45) is 2.67. The van der Waals surface area contributed by atoms with Gasteiger partial charge < -0.3 is 9.64 Å². The van der Waals surface area contributed by atoms with Crippen LogP contribution in [0.15, 0.2) is 53.6 Å². The molecule has 5 nitrogen and oxygen atoms in total. The Bertz CT molecular complexity index is 784. The average molecular weight is 351 g/mol.